The molecule has 148 valence electrons. The van der Waals surface area contributed by atoms with E-state index in [1.807, 2.05) is 0 Å². The Morgan fingerprint density at radius 2 is 1.54 bits per heavy atom. The molecule has 2 aliphatic rings. The molecule has 0 N–H and O–H groups in total. The summed E-state index contributed by atoms with van der Waals surface area (Å²) in [6.07, 6.45) is 2.58. The van der Waals surface area contributed by atoms with E-state index in [1.54, 1.807) is 0 Å². The second-order valence-electron chi connectivity index (χ2n) is 9.28. The third-order valence-electron chi connectivity index (χ3n) is 6.46. The van der Waals surface area contributed by atoms with Crippen LogP contribution in [0.4, 0.5) is 0 Å². The minimum atomic E-state index is -2.50. The first-order valence-corrected chi connectivity index (χ1v) is 12.3. The van der Waals surface area contributed by atoms with E-state index in [2.05, 4.69) is 81.4 Å². The van der Waals surface area contributed by atoms with E-state index < -0.39 is 8.32 Å². The largest absolute Gasteiger partial charge is 0.462 e. The highest BCUT2D eigenvalue weighted by atomic mass is 28.4. The van der Waals surface area contributed by atoms with E-state index in [0.29, 0.717) is 24.9 Å². The monoisotopic (exact) mass is 394 g/mol. The molecule has 1 aliphatic carbocycles. The molecular weight excluding hydrogens is 364 g/mol. The Kier molecular flexibility index (Phi) is 5.19. The van der Waals surface area contributed by atoms with E-state index in [0.717, 1.165) is 12.8 Å². The van der Waals surface area contributed by atoms with Crippen LogP contribution in [-0.4, -0.2) is 27.0 Å². The molecule has 1 saturated carbocycles. The van der Waals surface area contributed by atoms with Crippen LogP contribution in [0.1, 0.15) is 40.0 Å². The van der Waals surface area contributed by atoms with Crippen LogP contribution in [0, 0.1) is 11.8 Å². The Morgan fingerprint density at radius 1 is 0.964 bits per heavy atom. The normalized spacial score (nSPS) is 24.8. The van der Waals surface area contributed by atoms with Crippen molar-refractivity contribution in [2.24, 2.45) is 11.8 Å². The van der Waals surface area contributed by atoms with Crippen molar-refractivity contribution in [1.29, 1.82) is 0 Å². The minimum Gasteiger partial charge on any atom is -0.462 e. The van der Waals surface area contributed by atoms with Gasteiger partial charge in [0, 0.05) is 13.0 Å². The van der Waals surface area contributed by atoms with Gasteiger partial charge < -0.3 is 9.16 Å². The van der Waals surface area contributed by atoms with Crippen molar-refractivity contribution in [1.82, 2.24) is 0 Å². The number of rotatable bonds is 5. The molecule has 2 aromatic carbocycles. The van der Waals surface area contributed by atoms with Crippen LogP contribution < -0.4 is 10.4 Å². The molecule has 0 spiro atoms. The number of carbonyl (C=O) groups excluding carboxylic acids is 1. The number of ether oxygens (including phenoxy) is 1. The second-order valence-corrected chi connectivity index (χ2v) is 13.6. The van der Waals surface area contributed by atoms with Gasteiger partial charge in [0.15, 0.2) is 0 Å². The van der Waals surface area contributed by atoms with Crippen molar-refractivity contribution in [3.05, 3.63) is 60.7 Å². The fourth-order valence-electron chi connectivity index (χ4n) is 5.15. The zero-order valence-electron chi connectivity index (χ0n) is 17.1. The van der Waals surface area contributed by atoms with E-state index >= 15 is 0 Å². The van der Waals surface area contributed by atoms with Crippen LogP contribution in [0.25, 0.3) is 0 Å². The summed E-state index contributed by atoms with van der Waals surface area (Å²) in [6, 6.07) is 21.5. The second kappa shape index (κ2) is 7.49. The van der Waals surface area contributed by atoms with Crippen molar-refractivity contribution >= 4 is 24.7 Å². The summed E-state index contributed by atoms with van der Waals surface area (Å²) in [5, 5.41) is 2.60. The molecule has 4 rings (SSSR count). The van der Waals surface area contributed by atoms with E-state index in [-0.39, 0.29) is 17.1 Å². The maximum atomic E-state index is 11.8. The molecule has 0 amide bonds. The van der Waals surface area contributed by atoms with Crippen LogP contribution in [0.3, 0.4) is 0 Å². The number of esters is 1. The molecule has 2 bridgehead atoms. The van der Waals surface area contributed by atoms with Crippen molar-refractivity contribution in [3.63, 3.8) is 0 Å². The zero-order valence-corrected chi connectivity index (χ0v) is 18.1. The predicted octanol–water partition coefficient (Wildman–Crippen LogP) is 3.90. The van der Waals surface area contributed by atoms with Gasteiger partial charge in [-0.15, -0.1) is 0 Å². The summed E-state index contributed by atoms with van der Waals surface area (Å²) in [6.45, 7) is 7.61. The summed E-state index contributed by atoms with van der Waals surface area (Å²) in [4.78, 5) is 11.8. The van der Waals surface area contributed by atoms with Crippen molar-refractivity contribution in [2.75, 3.05) is 6.61 Å². The molecule has 1 heterocycles. The Morgan fingerprint density at radius 3 is 2.07 bits per heavy atom. The number of hydrogen-bond acceptors (Lipinski definition) is 3. The Bertz CT molecular complexity index is 773. The van der Waals surface area contributed by atoms with Crippen LogP contribution in [0.15, 0.2) is 60.7 Å². The molecular formula is C24H30O3Si. The van der Waals surface area contributed by atoms with Gasteiger partial charge in [-0.3, -0.25) is 4.79 Å². The van der Waals surface area contributed by atoms with Gasteiger partial charge in [-0.05, 0) is 40.1 Å². The number of benzene rings is 2. The smallest absolute Gasteiger partial charge is 0.306 e. The van der Waals surface area contributed by atoms with Gasteiger partial charge in [0.2, 0.25) is 0 Å². The lowest BCUT2D eigenvalue weighted by Crippen LogP contribution is -2.67. The lowest BCUT2D eigenvalue weighted by Gasteiger charge is -2.43. The fourth-order valence-corrected chi connectivity index (χ4v) is 9.77. The van der Waals surface area contributed by atoms with Crippen LogP contribution in [0.5, 0.6) is 0 Å². The first kappa shape index (κ1) is 19.4. The maximum Gasteiger partial charge on any atom is 0.306 e. The van der Waals surface area contributed by atoms with E-state index in [1.165, 1.54) is 10.4 Å². The van der Waals surface area contributed by atoms with Gasteiger partial charge in [0.1, 0.15) is 6.10 Å². The molecule has 0 radical (unpaired) electrons. The van der Waals surface area contributed by atoms with Gasteiger partial charge >= 0.3 is 5.97 Å². The molecule has 2 aromatic rings. The summed E-state index contributed by atoms with van der Waals surface area (Å²) in [5.41, 5.74) is 0. The first-order chi connectivity index (χ1) is 13.4. The Hall–Kier alpha value is -1.91. The van der Waals surface area contributed by atoms with Crippen LogP contribution >= 0.6 is 0 Å². The molecule has 3 unspecified atom stereocenters. The molecule has 0 aromatic heterocycles. The third kappa shape index (κ3) is 3.44. The lowest BCUT2D eigenvalue weighted by molar-refractivity contribution is -0.152. The quantitative estimate of drug-likeness (QED) is 0.570. The highest BCUT2D eigenvalue weighted by molar-refractivity contribution is 6.99. The average Bonchev–Trinajstić information content (AvgIpc) is 2.96. The minimum absolute atomic E-state index is 0.0181. The Balaban J connectivity index is 1.70. The number of fused-ring (bicyclic) bond motifs is 2. The van der Waals surface area contributed by atoms with Gasteiger partial charge in [-0.25, -0.2) is 0 Å². The Labute approximate surface area is 169 Å². The SMILES string of the molecule is CC(C)(C)[Si](OCC1CC2CC1CC(=O)O2)(c1ccccc1)c1ccccc1. The predicted molar refractivity (Wildman–Crippen MR) is 114 cm³/mol. The molecule has 3 atom stereocenters. The van der Waals surface area contributed by atoms with Crippen molar-refractivity contribution in [2.45, 2.75) is 51.2 Å². The average molecular weight is 395 g/mol. The first-order valence-electron chi connectivity index (χ1n) is 10.3. The van der Waals surface area contributed by atoms with E-state index in [4.69, 9.17) is 9.16 Å². The van der Waals surface area contributed by atoms with Gasteiger partial charge in [0.05, 0.1) is 0 Å². The van der Waals surface area contributed by atoms with Crippen LogP contribution in [0.2, 0.25) is 5.04 Å². The summed E-state index contributed by atoms with van der Waals surface area (Å²) in [5.74, 6) is 0.775. The fraction of sp³-hybridized carbons (Fsp3) is 0.458. The van der Waals surface area contributed by atoms with Crippen LogP contribution in [-0.2, 0) is 14.0 Å². The molecule has 3 nitrogen and oxygen atoms in total. The lowest BCUT2D eigenvalue weighted by atomic mass is 9.93. The standard InChI is InChI=1S/C24H30O3Si/c1-24(2,3)28(21-10-6-4-7-11-21,22-12-8-5-9-13-22)26-17-19-15-20-14-18(19)16-23(25)27-20/h4-13,18-20H,14-17H2,1-3H3. The van der Waals surface area contributed by atoms with Gasteiger partial charge in [0.25, 0.3) is 8.32 Å². The number of hydrogen-bond donors (Lipinski definition) is 0. The molecule has 28 heavy (non-hydrogen) atoms. The topological polar surface area (TPSA) is 35.5 Å². The maximum absolute atomic E-state index is 11.8. The molecule has 2 fully saturated rings. The van der Waals surface area contributed by atoms with Crippen molar-refractivity contribution < 1.29 is 14.0 Å². The van der Waals surface area contributed by atoms with Gasteiger partial charge in [-0.2, -0.15) is 0 Å². The number of carbonyl (C=O) groups is 1. The highest BCUT2D eigenvalue weighted by Crippen LogP contribution is 2.42. The van der Waals surface area contributed by atoms with Gasteiger partial charge in [-0.1, -0.05) is 81.4 Å². The molecule has 4 heteroatoms. The van der Waals surface area contributed by atoms with Crippen molar-refractivity contribution in [3.8, 4) is 0 Å². The molecule has 1 saturated heterocycles. The zero-order chi connectivity index (χ0) is 19.8. The van der Waals surface area contributed by atoms with E-state index in [9.17, 15) is 4.79 Å². The summed E-state index contributed by atoms with van der Waals surface area (Å²) < 4.78 is 12.6. The molecule has 1 aliphatic heterocycles. The highest BCUT2D eigenvalue weighted by Gasteiger charge is 2.51. The summed E-state index contributed by atoms with van der Waals surface area (Å²) in [7, 11) is -2.50. The summed E-state index contributed by atoms with van der Waals surface area (Å²) >= 11 is 0. The third-order valence-corrected chi connectivity index (χ3v) is 11.5.